The monoisotopic (exact) mass is 283 g/mol. The Labute approximate surface area is 125 Å². The molecule has 2 rings (SSSR count). The fourth-order valence-electron chi connectivity index (χ4n) is 2.36. The average Bonchev–Trinajstić information content (AvgIpc) is 2.43. The first-order valence-corrected chi connectivity index (χ1v) is 7.15. The van der Waals surface area contributed by atoms with E-state index in [9.17, 15) is 9.90 Å². The van der Waals surface area contributed by atoms with Gasteiger partial charge in [0.15, 0.2) is 0 Å². The molecule has 0 aliphatic rings. The van der Waals surface area contributed by atoms with Crippen LogP contribution in [-0.2, 0) is 11.2 Å². The van der Waals surface area contributed by atoms with E-state index in [1.807, 2.05) is 31.2 Å². The van der Waals surface area contributed by atoms with Crippen molar-refractivity contribution in [2.75, 3.05) is 5.32 Å². The number of para-hydroxylation sites is 2. The Morgan fingerprint density at radius 1 is 1.14 bits per heavy atom. The molecule has 0 bridgehead atoms. The van der Waals surface area contributed by atoms with Gasteiger partial charge < -0.3 is 10.4 Å². The van der Waals surface area contributed by atoms with Crippen molar-refractivity contribution in [3.63, 3.8) is 0 Å². The van der Waals surface area contributed by atoms with Gasteiger partial charge >= 0.3 is 0 Å². The summed E-state index contributed by atoms with van der Waals surface area (Å²) >= 11 is 0. The lowest BCUT2D eigenvalue weighted by Crippen LogP contribution is -2.17. The second-order valence-electron chi connectivity index (χ2n) is 5.55. The summed E-state index contributed by atoms with van der Waals surface area (Å²) in [7, 11) is 0. The number of phenolic OH excluding ortho intramolecular Hbond substituents is 1. The standard InChI is InChI=1S/C18H21NO2/c1-12(2)15-9-6-7-13(3)18(15)19-17(21)11-14-8-4-5-10-16(14)20/h4-10,12,20H,11H2,1-3H3,(H,19,21). The number of nitrogens with one attached hydrogen (secondary N) is 1. The molecule has 0 heterocycles. The maximum atomic E-state index is 12.2. The van der Waals surface area contributed by atoms with Crippen molar-refractivity contribution in [3.05, 3.63) is 59.2 Å². The number of benzene rings is 2. The largest absolute Gasteiger partial charge is 0.508 e. The van der Waals surface area contributed by atoms with E-state index in [1.54, 1.807) is 18.2 Å². The molecule has 0 fully saturated rings. The summed E-state index contributed by atoms with van der Waals surface area (Å²) in [6.45, 7) is 6.20. The van der Waals surface area contributed by atoms with E-state index < -0.39 is 0 Å². The Morgan fingerprint density at radius 3 is 2.52 bits per heavy atom. The summed E-state index contributed by atoms with van der Waals surface area (Å²) < 4.78 is 0. The molecule has 0 unspecified atom stereocenters. The molecule has 110 valence electrons. The fourth-order valence-corrected chi connectivity index (χ4v) is 2.36. The van der Waals surface area contributed by atoms with Crippen molar-refractivity contribution >= 4 is 11.6 Å². The first kappa shape index (κ1) is 15.1. The van der Waals surface area contributed by atoms with Crippen LogP contribution in [0.2, 0.25) is 0 Å². The van der Waals surface area contributed by atoms with Crippen LogP contribution in [0, 0.1) is 6.92 Å². The first-order chi connectivity index (χ1) is 9.99. The SMILES string of the molecule is Cc1cccc(C(C)C)c1NC(=O)Cc1ccccc1O. The van der Waals surface area contributed by atoms with Crippen LogP contribution in [-0.4, -0.2) is 11.0 Å². The first-order valence-electron chi connectivity index (χ1n) is 7.15. The molecular weight excluding hydrogens is 262 g/mol. The molecule has 3 nitrogen and oxygen atoms in total. The number of hydrogen-bond acceptors (Lipinski definition) is 2. The lowest BCUT2D eigenvalue weighted by molar-refractivity contribution is -0.115. The Balaban J connectivity index is 2.19. The van der Waals surface area contributed by atoms with E-state index in [2.05, 4.69) is 19.2 Å². The highest BCUT2D eigenvalue weighted by atomic mass is 16.3. The van der Waals surface area contributed by atoms with E-state index in [4.69, 9.17) is 0 Å². The number of aromatic hydroxyl groups is 1. The number of phenols is 1. The summed E-state index contributed by atoms with van der Waals surface area (Å²) in [5, 5.41) is 12.7. The van der Waals surface area contributed by atoms with Gasteiger partial charge in [0.05, 0.1) is 6.42 Å². The summed E-state index contributed by atoms with van der Waals surface area (Å²) in [5.74, 6) is 0.375. The van der Waals surface area contributed by atoms with Gasteiger partial charge in [-0.05, 0) is 30.0 Å². The van der Waals surface area contributed by atoms with Gasteiger partial charge in [-0.3, -0.25) is 4.79 Å². The summed E-state index contributed by atoms with van der Waals surface area (Å²) in [6, 6.07) is 12.9. The highest BCUT2D eigenvalue weighted by molar-refractivity contribution is 5.94. The third-order valence-electron chi connectivity index (χ3n) is 3.53. The summed E-state index contributed by atoms with van der Waals surface area (Å²) in [4.78, 5) is 12.2. The fraction of sp³-hybridized carbons (Fsp3) is 0.278. The van der Waals surface area contributed by atoms with Crippen LogP contribution in [0.4, 0.5) is 5.69 Å². The van der Waals surface area contributed by atoms with E-state index in [0.717, 1.165) is 16.8 Å². The van der Waals surface area contributed by atoms with Crippen LogP contribution in [0.5, 0.6) is 5.75 Å². The van der Waals surface area contributed by atoms with Gasteiger partial charge in [-0.25, -0.2) is 0 Å². The zero-order valence-corrected chi connectivity index (χ0v) is 12.7. The van der Waals surface area contributed by atoms with E-state index >= 15 is 0 Å². The predicted molar refractivity (Wildman–Crippen MR) is 85.7 cm³/mol. The molecule has 3 heteroatoms. The molecule has 0 saturated heterocycles. The summed E-state index contributed by atoms with van der Waals surface area (Å²) in [5.41, 5.74) is 3.69. The van der Waals surface area contributed by atoms with Gasteiger partial charge in [0.2, 0.25) is 5.91 Å². The molecule has 2 N–H and O–H groups in total. The molecule has 0 aliphatic carbocycles. The Kier molecular flexibility index (Phi) is 4.63. The number of hydrogen-bond donors (Lipinski definition) is 2. The maximum absolute atomic E-state index is 12.2. The zero-order valence-electron chi connectivity index (χ0n) is 12.7. The number of carbonyl (C=O) groups is 1. The molecule has 2 aromatic carbocycles. The van der Waals surface area contributed by atoms with Gasteiger partial charge in [-0.1, -0.05) is 50.2 Å². The molecule has 0 aromatic heterocycles. The van der Waals surface area contributed by atoms with Crippen molar-refractivity contribution in [1.29, 1.82) is 0 Å². The minimum Gasteiger partial charge on any atom is -0.508 e. The number of rotatable bonds is 4. The lowest BCUT2D eigenvalue weighted by atomic mass is 9.98. The topological polar surface area (TPSA) is 49.3 Å². The second kappa shape index (κ2) is 6.44. The van der Waals surface area contributed by atoms with Gasteiger partial charge in [0.1, 0.15) is 5.75 Å². The van der Waals surface area contributed by atoms with E-state index in [0.29, 0.717) is 11.5 Å². The highest BCUT2D eigenvalue weighted by Gasteiger charge is 2.13. The molecule has 0 aliphatic heterocycles. The van der Waals surface area contributed by atoms with E-state index in [-0.39, 0.29) is 18.1 Å². The van der Waals surface area contributed by atoms with Crippen LogP contribution in [0.1, 0.15) is 36.5 Å². The third-order valence-corrected chi connectivity index (χ3v) is 3.53. The molecular formula is C18H21NO2. The van der Waals surface area contributed by atoms with Crippen molar-refractivity contribution in [2.24, 2.45) is 0 Å². The van der Waals surface area contributed by atoms with Crippen molar-refractivity contribution in [3.8, 4) is 5.75 Å². The zero-order chi connectivity index (χ0) is 15.4. The number of aryl methyl sites for hydroxylation is 1. The highest BCUT2D eigenvalue weighted by Crippen LogP contribution is 2.27. The van der Waals surface area contributed by atoms with Crippen LogP contribution in [0.15, 0.2) is 42.5 Å². The minimum absolute atomic E-state index is 0.118. The Morgan fingerprint density at radius 2 is 1.86 bits per heavy atom. The number of carbonyl (C=O) groups excluding carboxylic acids is 1. The smallest absolute Gasteiger partial charge is 0.228 e. The Bertz CT molecular complexity index is 647. The minimum atomic E-state index is -0.118. The molecule has 0 atom stereocenters. The van der Waals surface area contributed by atoms with Crippen molar-refractivity contribution in [1.82, 2.24) is 0 Å². The van der Waals surface area contributed by atoms with Gasteiger partial charge in [0.25, 0.3) is 0 Å². The normalized spacial score (nSPS) is 10.7. The summed E-state index contributed by atoms with van der Waals surface area (Å²) in [6.07, 6.45) is 0.165. The van der Waals surface area contributed by atoms with Crippen LogP contribution in [0.25, 0.3) is 0 Å². The molecule has 1 amide bonds. The number of amides is 1. The van der Waals surface area contributed by atoms with Crippen molar-refractivity contribution < 1.29 is 9.90 Å². The predicted octanol–water partition coefficient (Wildman–Crippen LogP) is 4.01. The van der Waals surface area contributed by atoms with Crippen LogP contribution >= 0.6 is 0 Å². The molecule has 2 aromatic rings. The van der Waals surface area contributed by atoms with E-state index in [1.165, 1.54) is 0 Å². The lowest BCUT2D eigenvalue weighted by Gasteiger charge is -2.16. The van der Waals surface area contributed by atoms with Gasteiger partial charge in [-0.2, -0.15) is 0 Å². The second-order valence-corrected chi connectivity index (χ2v) is 5.55. The van der Waals surface area contributed by atoms with Crippen LogP contribution < -0.4 is 5.32 Å². The quantitative estimate of drug-likeness (QED) is 0.891. The molecule has 0 spiro atoms. The third kappa shape index (κ3) is 3.63. The van der Waals surface area contributed by atoms with Crippen molar-refractivity contribution in [2.45, 2.75) is 33.1 Å². The molecule has 0 radical (unpaired) electrons. The maximum Gasteiger partial charge on any atom is 0.228 e. The van der Waals surface area contributed by atoms with Gasteiger partial charge in [-0.15, -0.1) is 0 Å². The molecule has 0 saturated carbocycles. The Hall–Kier alpha value is -2.29. The number of anilines is 1. The van der Waals surface area contributed by atoms with Crippen LogP contribution in [0.3, 0.4) is 0 Å². The average molecular weight is 283 g/mol. The van der Waals surface area contributed by atoms with Gasteiger partial charge in [0, 0.05) is 11.3 Å². The molecule has 21 heavy (non-hydrogen) atoms.